The fourth-order valence-corrected chi connectivity index (χ4v) is 1.49. The Balaban J connectivity index is 3.20. The average Bonchev–Trinajstić information content (AvgIpc) is 2.21. The van der Waals surface area contributed by atoms with Gasteiger partial charge in [0.15, 0.2) is 5.72 Å². The molecule has 10 nitrogen and oxygen atoms in total. The van der Waals surface area contributed by atoms with Crippen LogP contribution in [0.3, 0.4) is 0 Å². The van der Waals surface area contributed by atoms with Gasteiger partial charge in [-0.2, -0.15) is 0 Å². The zero-order chi connectivity index (χ0) is 12.8. The van der Waals surface area contributed by atoms with Gasteiger partial charge in [0, 0.05) is 0 Å². The molecule has 1 saturated heterocycles. The van der Waals surface area contributed by atoms with Gasteiger partial charge in [-0.25, -0.2) is 5.90 Å². The Labute approximate surface area is 90.3 Å². The van der Waals surface area contributed by atoms with Crippen molar-refractivity contribution >= 4 is 0 Å². The fraction of sp³-hybridized carbons (Fsp3) is 1.00. The lowest BCUT2D eigenvalue weighted by atomic mass is 9.85. The molecule has 0 aromatic heterocycles. The summed E-state index contributed by atoms with van der Waals surface area (Å²) in [5.74, 6) is 1.99. The van der Waals surface area contributed by atoms with Crippen LogP contribution in [0.5, 0.6) is 0 Å². The molecule has 96 valence electrons. The molecule has 1 heterocycles. The largest absolute Gasteiger partial charge is 0.394 e. The molecule has 1 fully saturated rings. The van der Waals surface area contributed by atoms with Gasteiger partial charge in [-0.1, -0.05) is 0 Å². The second-order valence-corrected chi connectivity index (χ2v) is 3.66. The molecule has 1 rings (SSSR count). The number of hydrogen-bond acceptors (Lipinski definition) is 10. The Morgan fingerprint density at radius 2 is 1.75 bits per heavy atom. The molecule has 0 aromatic rings. The van der Waals surface area contributed by atoms with Crippen LogP contribution in [0.4, 0.5) is 0 Å². The minimum atomic E-state index is -2.79. The quantitative estimate of drug-likeness (QED) is 0.170. The Morgan fingerprint density at radius 3 is 2.12 bits per heavy atom. The van der Waals surface area contributed by atoms with Crippen molar-refractivity contribution in [1.82, 2.24) is 0 Å². The van der Waals surface area contributed by atoms with E-state index in [9.17, 15) is 15.3 Å². The van der Waals surface area contributed by atoms with Crippen LogP contribution in [0, 0.1) is 0 Å². The summed E-state index contributed by atoms with van der Waals surface area (Å²) in [4.78, 5) is 4.13. The first-order chi connectivity index (χ1) is 7.14. The molecule has 0 radical (unpaired) electrons. The molecule has 1 aliphatic heterocycles. The van der Waals surface area contributed by atoms with Gasteiger partial charge in [0.2, 0.25) is 0 Å². The summed E-state index contributed by atoms with van der Waals surface area (Å²) in [6, 6.07) is 0. The molecule has 0 bridgehead atoms. The van der Waals surface area contributed by atoms with E-state index in [1.165, 1.54) is 0 Å². The summed E-state index contributed by atoms with van der Waals surface area (Å²) in [5, 5.41) is 37.8. The average molecular weight is 240 g/mol. The maximum Gasteiger partial charge on any atom is 0.274 e. The smallest absolute Gasteiger partial charge is 0.274 e. The Morgan fingerprint density at radius 1 is 1.25 bits per heavy atom. The predicted molar refractivity (Wildman–Crippen MR) is 48.4 cm³/mol. The molecular weight excluding hydrogens is 224 g/mol. The Bertz CT molecular complexity index is 274. The van der Waals surface area contributed by atoms with E-state index in [0.29, 0.717) is 0 Å². The highest BCUT2D eigenvalue weighted by Crippen LogP contribution is 2.35. The molecule has 0 saturated carbocycles. The lowest BCUT2D eigenvalue weighted by Gasteiger charge is -2.54. The van der Waals surface area contributed by atoms with Crippen LogP contribution in [0.2, 0.25) is 0 Å². The van der Waals surface area contributed by atoms with Crippen molar-refractivity contribution in [1.29, 1.82) is 0 Å². The third-order valence-electron chi connectivity index (χ3n) is 2.63. The Kier molecular flexibility index (Phi) is 3.26. The van der Waals surface area contributed by atoms with Crippen molar-refractivity contribution in [3.8, 4) is 0 Å². The number of ether oxygens (including phenoxy) is 1. The zero-order valence-electron chi connectivity index (χ0n) is 8.28. The highest BCUT2D eigenvalue weighted by molar-refractivity contribution is 5.09. The summed E-state index contributed by atoms with van der Waals surface area (Å²) in [5.41, 5.74) is 10.5. The van der Waals surface area contributed by atoms with Crippen molar-refractivity contribution < 1.29 is 30.0 Å². The minimum Gasteiger partial charge on any atom is -0.394 e. The van der Waals surface area contributed by atoms with Crippen molar-refractivity contribution in [2.45, 2.75) is 29.6 Å². The van der Waals surface area contributed by atoms with Crippen LogP contribution in [-0.2, 0) is 9.57 Å². The van der Waals surface area contributed by atoms with Gasteiger partial charge in [0.1, 0.15) is 12.2 Å². The van der Waals surface area contributed by atoms with E-state index in [-0.39, 0.29) is 0 Å². The first-order valence-corrected chi connectivity index (χ1v) is 4.30. The van der Waals surface area contributed by atoms with Crippen LogP contribution in [-0.4, -0.2) is 56.6 Å². The summed E-state index contributed by atoms with van der Waals surface area (Å²) >= 11 is 0. The molecule has 5 atom stereocenters. The third-order valence-corrected chi connectivity index (χ3v) is 2.63. The normalized spacial score (nSPS) is 54.0. The van der Waals surface area contributed by atoms with E-state index in [1.807, 2.05) is 0 Å². The number of aliphatic hydroxyl groups excluding tert-OH is 2. The van der Waals surface area contributed by atoms with E-state index >= 15 is 0 Å². The van der Waals surface area contributed by atoms with Crippen LogP contribution in [0.25, 0.3) is 0 Å². The minimum absolute atomic E-state index is 0.763. The van der Waals surface area contributed by atoms with Gasteiger partial charge in [-0.3, -0.25) is 22.0 Å². The summed E-state index contributed by atoms with van der Waals surface area (Å²) < 4.78 is 4.64. The maximum absolute atomic E-state index is 9.77. The van der Waals surface area contributed by atoms with E-state index < -0.39 is 36.2 Å². The highest BCUT2D eigenvalue weighted by Gasteiger charge is 2.69. The highest BCUT2D eigenvalue weighted by atomic mass is 16.7. The maximum atomic E-state index is 9.77. The van der Waals surface area contributed by atoms with Crippen LogP contribution in [0.1, 0.15) is 0 Å². The van der Waals surface area contributed by atoms with Gasteiger partial charge < -0.3 is 25.2 Å². The summed E-state index contributed by atoms with van der Waals surface area (Å²) in [6.45, 7) is -0.763. The molecule has 0 amide bonds. The molecule has 16 heavy (non-hydrogen) atoms. The van der Waals surface area contributed by atoms with Crippen LogP contribution < -0.4 is 23.1 Å². The van der Waals surface area contributed by atoms with E-state index in [1.54, 1.807) is 0 Å². The molecule has 0 spiro atoms. The zero-order valence-corrected chi connectivity index (χ0v) is 8.28. The summed E-state index contributed by atoms with van der Waals surface area (Å²) in [6.07, 6.45) is -3.31. The third kappa shape index (κ3) is 1.53. The molecule has 10 heteroatoms. The first-order valence-electron chi connectivity index (χ1n) is 4.30. The predicted octanol–water partition coefficient (Wildman–Crippen LogP) is -5.46. The number of nitrogens with two attached hydrogens (primary N) is 4. The number of aliphatic hydroxyl groups is 4. The molecule has 0 aromatic carbocycles. The van der Waals surface area contributed by atoms with Crippen LogP contribution in [0.15, 0.2) is 0 Å². The van der Waals surface area contributed by atoms with Gasteiger partial charge in [0.05, 0.1) is 6.61 Å². The fourth-order valence-electron chi connectivity index (χ4n) is 1.49. The molecular formula is C6H16N4O6. The number of hydrogen-bond donors (Lipinski definition) is 8. The van der Waals surface area contributed by atoms with Crippen LogP contribution >= 0.6 is 0 Å². The lowest BCUT2D eigenvalue weighted by molar-refractivity contribution is -0.423. The van der Waals surface area contributed by atoms with Crippen molar-refractivity contribution in [3.05, 3.63) is 0 Å². The second-order valence-electron chi connectivity index (χ2n) is 3.66. The topological polar surface area (TPSA) is 203 Å². The van der Waals surface area contributed by atoms with E-state index in [2.05, 4.69) is 9.57 Å². The van der Waals surface area contributed by atoms with Gasteiger partial charge >= 0.3 is 0 Å². The summed E-state index contributed by atoms with van der Waals surface area (Å²) in [7, 11) is 0. The van der Waals surface area contributed by atoms with Crippen molar-refractivity contribution in [2.75, 3.05) is 6.61 Å². The first kappa shape index (κ1) is 13.7. The molecule has 1 unspecified atom stereocenters. The Hall–Kier alpha value is -0.400. The number of rotatable bonds is 2. The SMILES string of the molecule is NO[C@@]1(N)C(N)(O)O[C@H](CO)[C@@H](O)[C@]1(N)O. The van der Waals surface area contributed by atoms with Crippen molar-refractivity contribution in [3.63, 3.8) is 0 Å². The van der Waals surface area contributed by atoms with Crippen molar-refractivity contribution in [2.24, 2.45) is 23.1 Å². The van der Waals surface area contributed by atoms with E-state index in [0.717, 1.165) is 0 Å². The van der Waals surface area contributed by atoms with Gasteiger partial charge in [-0.05, 0) is 0 Å². The monoisotopic (exact) mass is 240 g/mol. The standard InChI is InChI=1S/C6H16N4O6/c7-4(13)3(12)2(1-11)15-6(9,14)5(4,8)16-10/h2-3,11-14H,1,7-10H2/t2-,3-,4+,5-,6?/m1/s1. The molecule has 0 aliphatic carbocycles. The van der Waals surface area contributed by atoms with E-state index in [4.69, 9.17) is 28.2 Å². The van der Waals surface area contributed by atoms with Gasteiger partial charge in [-0.15, -0.1) is 0 Å². The molecule has 1 aliphatic rings. The molecule has 12 N–H and O–H groups in total. The lowest BCUT2D eigenvalue weighted by Crippen LogP contribution is -2.89. The van der Waals surface area contributed by atoms with Gasteiger partial charge in [0.25, 0.3) is 11.6 Å². The second kappa shape index (κ2) is 3.82.